The van der Waals surface area contributed by atoms with E-state index in [1.54, 1.807) is 6.07 Å². The van der Waals surface area contributed by atoms with Crippen LogP contribution >= 0.6 is 15.9 Å². The van der Waals surface area contributed by atoms with Gasteiger partial charge in [-0.2, -0.15) is 0 Å². The number of rotatable bonds is 2. The van der Waals surface area contributed by atoms with Crippen LogP contribution in [0.4, 0.5) is 8.78 Å². The molecular weight excluding hydrogens is 324 g/mol. The summed E-state index contributed by atoms with van der Waals surface area (Å²) in [5.74, 6) is -1.08. The second kappa shape index (κ2) is 5.26. The highest BCUT2D eigenvalue weighted by Crippen LogP contribution is 2.36. The van der Waals surface area contributed by atoms with Gasteiger partial charge in [0, 0.05) is 6.04 Å². The number of hydrogen-bond acceptors (Lipinski definition) is 1. The van der Waals surface area contributed by atoms with Crippen molar-refractivity contribution >= 4 is 15.9 Å². The first kappa shape index (κ1) is 13.7. The van der Waals surface area contributed by atoms with Crippen LogP contribution in [0, 0.1) is 11.6 Å². The fraction of sp³-hybridized carbons (Fsp3) is 0.250. The third kappa shape index (κ3) is 2.17. The van der Waals surface area contributed by atoms with Gasteiger partial charge in [-0.05, 0) is 64.6 Å². The van der Waals surface area contributed by atoms with Crippen LogP contribution in [0.1, 0.15) is 23.6 Å². The van der Waals surface area contributed by atoms with Crippen molar-refractivity contribution in [3.63, 3.8) is 0 Å². The van der Waals surface area contributed by atoms with E-state index in [9.17, 15) is 8.78 Å². The Bertz CT molecular complexity index is 670. The molecule has 1 aliphatic rings. The summed E-state index contributed by atoms with van der Waals surface area (Å²) in [6.07, 6.45) is 1.96. The Labute approximate surface area is 125 Å². The topological polar surface area (TPSA) is 12.0 Å². The van der Waals surface area contributed by atoms with Crippen LogP contribution in [0.2, 0.25) is 0 Å². The Kier molecular flexibility index (Phi) is 3.61. The van der Waals surface area contributed by atoms with E-state index in [1.807, 2.05) is 19.2 Å². The summed E-state index contributed by atoms with van der Waals surface area (Å²) in [7, 11) is 1.93. The normalized spacial score (nSPS) is 17.3. The summed E-state index contributed by atoms with van der Waals surface area (Å²) < 4.78 is 28.4. The highest BCUT2D eigenvalue weighted by Gasteiger charge is 2.22. The van der Waals surface area contributed by atoms with E-state index in [0.29, 0.717) is 11.6 Å². The van der Waals surface area contributed by atoms with Crippen molar-refractivity contribution in [1.82, 2.24) is 5.32 Å². The van der Waals surface area contributed by atoms with Crippen molar-refractivity contribution in [2.75, 3.05) is 7.05 Å². The predicted octanol–water partition coefficient (Wildman–Crippen LogP) is 4.60. The molecule has 104 valence electrons. The van der Waals surface area contributed by atoms with Gasteiger partial charge in [0.05, 0.1) is 10.0 Å². The van der Waals surface area contributed by atoms with Crippen molar-refractivity contribution in [3.8, 4) is 11.1 Å². The number of aryl methyl sites for hydroxylation is 1. The summed E-state index contributed by atoms with van der Waals surface area (Å²) in [6, 6.07) is 8.68. The fourth-order valence-corrected chi connectivity index (χ4v) is 3.19. The lowest BCUT2D eigenvalue weighted by Gasteiger charge is -2.12. The van der Waals surface area contributed by atoms with Gasteiger partial charge in [0.2, 0.25) is 0 Å². The molecule has 1 atom stereocenters. The summed E-state index contributed by atoms with van der Waals surface area (Å²) in [5, 5.41) is 3.26. The van der Waals surface area contributed by atoms with E-state index in [2.05, 4.69) is 21.2 Å². The molecule has 0 bridgehead atoms. The molecule has 1 aliphatic carbocycles. The van der Waals surface area contributed by atoms with E-state index in [4.69, 9.17) is 0 Å². The molecule has 0 saturated carbocycles. The lowest BCUT2D eigenvalue weighted by atomic mass is 9.99. The maximum absolute atomic E-state index is 14.1. The van der Waals surface area contributed by atoms with Crippen LogP contribution in [-0.4, -0.2) is 7.05 Å². The molecule has 0 spiro atoms. The number of benzene rings is 2. The summed E-state index contributed by atoms with van der Waals surface area (Å²) in [4.78, 5) is 0. The predicted molar refractivity (Wildman–Crippen MR) is 79.6 cm³/mol. The Morgan fingerprint density at radius 2 is 2.00 bits per heavy atom. The smallest absolute Gasteiger partial charge is 0.148 e. The maximum Gasteiger partial charge on any atom is 0.148 e. The molecule has 0 fully saturated rings. The van der Waals surface area contributed by atoms with Crippen LogP contribution in [0.3, 0.4) is 0 Å². The first-order valence-corrected chi connectivity index (χ1v) is 7.35. The van der Waals surface area contributed by atoms with E-state index >= 15 is 0 Å². The second-order valence-electron chi connectivity index (χ2n) is 5.01. The molecule has 0 heterocycles. The van der Waals surface area contributed by atoms with Gasteiger partial charge in [-0.1, -0.05) is 18.2 Å². The molecule has 1 N–H and O–H groups in total. The van der Waals surface area contributed by atoms with Gasteiger partial charge in [0.15, 0.2) is 0 Å². The van der Waals surface area contributed by atoms with Crippen molar-refractivity contribution in [2.45, 2.75) is 18.9 Å². The molecule has 0 saturated heterocycles. The van der Waals surface area contributed by atoms with Crippen molar-refractivity contribution < 1.29 is 8.78 Å². The number of halogens is 3. The Hall–Kier alpha value is -1.26. The number of fused-ring (bicyclic) bond motifs is 1. The third-order valence-electron chi connectivity index (χ3n) is 3.90. The zero-order valence-corrected chi connectivity index (χ0v) is 12.6. The molecule has 0 amide bonds. The van der Waals surface area contributed by atoms with E-state index in [1.165, 1.54) is 23.3 Å². The van der Waals surface area contributed by atoms with Gasteiger partial charge in [-0.3, -0.25) is 0 Å². The average Bonchev–Trinajstić information content (AvgIpc) is 2.86. The molecule has 2 aromatic carbocycles. The number of hydrogen-bond donors (Lipinski definition) is 1. The molecule has 1 unspecified atom stereocenters. The SMILES string of the molecule is CNC1CCc2cc(-c3c(F)ccc(Br)c3F)ccc21. The molecule has 3 rings (SSSR count). The monoisotopic (exact) mass is 337 g/mol. The van der Waals surface area contributed by atoms with E-state index in [0.717, 1.165) is 12.8 Å². The maximum atomic E-state index is 14.1. The molecule has 20 heavy (non-hydrogen) atoms. The largest absolute Gasteiger partial charge is 0.313 e. The molecule has 0 aliphatic heterocycles. The summed E-state index contributed by atoms with van der Waals surface area (Å²) in [5.41, 5.74) is 3.03. The van der Waals surface area contributed by atoms with Gasteiger partial charge in [0.1, 0.15) is 11.6 Å². The van der Waals surface area contributed by atoms with Crippen LogP contribution in [0.5, 0.6) is 0 Å². The van der Waals surface area contributed by atoms with Crippen molar-refractivity contribution in [2.24, 2.45) is 0 Å². The average molecular weight is 338 g/mol. The van der Waals surface area contributed by atoms with Gasteiger partial charge >= 0.3 is 0 Å². The molecule has 1 nitrogen and oxygen atoms in total. The van der Waals surface area contributed by atoms with Gasteiger partial charge in [0.25, 0.3) is 0 Å². The zero-order chi connectivity index (χ0) is 14.3. The fourth-order valence-electron chi connectivity index (χ4n) is 2.86. The third-order valence-corrected chi connectivity index (χ3v) is 4.51. The minimum atomic E-state index is -0.548. The lowest BCUT2D eigenvalue weighted by molar-refractivity contribution is 0.585. The lowest BCUT2D eigenvalue weighted by Crippen LogP contribution is -2.12. The Morgan fingerprint density at radius 3 is 2.75 bits per heavy atom. The standard InChI is InChI=1S/C16H14BrF2N/c1-20-14-7-3-9-8-10(2-4-11(9)14)15-13(18)6-5-12(17)16(15)19/h2,4-6,8,14,20H,3,7H2,1H3. The molecule has 2 aromatic rings. The van der Waals surface area contributed by atoms with Gasteiger partial charge < -0.3 is 5.32 Å². The molecule has 0 aromatic heterocycles. The van der Waals surface area contributed by atoms with Crippen LogP contribution in [0.25, 0.3) is 11.1 Å². The van der Waals surface area contributed by atoms with Crippen LogP contribution in [-0.2, 0) is 6.42 Å². The summed E-state index contributed by atoms with van der Waals surface area (Å²) >= 11 is 3.11. The molecular formula is C16H14BrF2N. The quantitative estimate of drug-likeness (QED) is 0.789. The van der Waals surface area contributed by atoms with Gasteiger partial charge in [-0.15, -0.1) is 0 Å². The molecule has 4 heteroatoms. The summed E-state index contributed by atoms with van der Waals surface area (Å²) in [6.45, 7) is 0. The minimum absolute atomic E-state index is 0.0371. The zero-order valence-electron chi connectivity index (χ0n) is 11.0. The van der Waals surface area contributed by atoms with Crippen molar-refractivity contribution in [1.29, 1.82) is 0 Å². The second-order valence-corrected chi connectivity index (χ2v) is 5.87. The first-order chi connectivity index (χ1) is 9.61. The van der Waals surface area contributed by atoms with E-state index < -0.39 is 11.6 Å². The van der Waals surface area contributed by atoms with Crippen molar-refractivity contribution in [3.05, 3.63) is 57.6 Å². The highest BCUT2D eigenvalue weighted by molar-refractivity contribution is 9.10. The Morgan fingerprint density at radius 1 is 1.20 bits per heavy atom. The number of nitrogens with one attached hydrogen (secondary N) is 1. The van der Waals surface area contributed by atoms with E-state index in [-0.39, 0.29) is 10.0 Å². The van der Waals surface area contributed by atoms with Crippen LogP contribution in [0.15, 0.2) is 34.8 Å². The minimum Gasteiger partial charge on any atom is -0.313 e. The molecule has 0 radical (unpaired) electrons. The van der Waals surface area contributed by atoms with Crippen LogP contribution < -0.4 is 5.32 Å². The first-order valence-electron chi connectivity index (χ1n) is 6.55. The highest BCUT2D eigenvalue weighted by atomic mass is 79.9. The Balaban J connectivity index is 2.12. The van der Waals surface area contributed by atoms with Gasteiger partial charge in [-0.25, -0.2) is 8.78 Å².